The van der Waals surface area contributed by atoms with Crippen LogP contribution in [0.3, 0.4) is 0 Å². The maximum atomic E-state index is 13.7. The fraction of sp³-hybridized carbons (Fsp3) is 0. The van der Waals surface area contributed by atoms with Gasteiger partial charge >= 0.3 is 5.97 Å². The molecule has 0 amide bonds. The summed E-state index contributed by atoms with van der Waals surface area (Å²) in [5.41, 5.74) is 0.285. The first-order valence-corrected chi connectivity index (χ1v) is 5.63. The van der Waals surface area contributed by atoms with Crippen LogP contribution in [0.1, 0.15) is 5.56 Å². The van der Waals surface area contributed by atoms with Crippen molar-refractivity contribution in [1.82, 2.24) is 0 Å². The van der Waals surface area contributed by atoms with Gasteiger partial charge in [0.1, 0.15) is 5.82 Å². The molecule has 0 heterocycles. The monoisotopic (exact) mass is 278 g/mol. The van der Waals surface area contributed by atoms with Crippen molar-refractivity contribution in [1.29, 1.82) is 0 Å². The number of rotatable bonds is 3. The van der Waals surface area contributed by atoms with Crippen LogP contribution in [-0.4, -0.2) is 11.1 Å². The van der Waals surface area contributed by atoms with E-state index in [1.54, 1.807) is 0 Å². The minimum atomic E-state index is -1.19. The topological polar surface area (TPSA) is 37.3 Å². The van der Waals surface area contributed by atoms with E-state index >= 15 is 0 Å². The Labute approximate surface area is 112 Å². The van der Waals surface area contributed by atoms with Crippen molar-refractivity contribution in [2.75, 3.05) is 0 Å². The maximum absolute atomic E-state index is 13.7. The number of hydrogen-bond acceptors (Lipinski definition) is 1. The highest BCUT2D eigenvalue weighted by Crippen LogP contribution is 2.26. The van der Waals surface area contributed by atoms with E-state index in [1.807, 2.05) is 0 Å². The SMILES string of the molecule is O=C(O)/C=C/c1cc(F)cc(-c2cccc(F)c2F)c1. The number of carboxylic acid groups (broad SMARTS) is 1. The minimum absolute atomic E-state index is 0.0884. The summed E-state index contributed by atoms with van der Waals surface area (Å²) in [4.78, 5) is 10.4. The second kappa shape index (κ2) is 5.61. The average Bonchev–Trinajstić information content (AvgIpc) is 2.39. The van der Waals surface area contributed by atoms with Crippen molar-refractivity contribution in [2.45, 2.75) is 0 Å². The van der Waals surface area contributed by atoms with Gasteiger partial charge in [-0.2, -0.15) is 0 Å². The van der Waals surface area contributed by atoms with Gasteiger partial charge in [0.15, 0.2) is 11.6 Å². The quantitative estimate of drug-likeness (QED) is 0.865. The Morgan fingerprint density at radius 3 is 2.55 bits per heavy atom. The summed E-state index contributed by atoms with van der Waals surface area (Å²) in [6, 6.07) is 7.11. The van der Waals surface area contributed by atoms with Crippen molar-refractivity contribution in [3.8, 4) is 11.1 Å². The van der Waals surface area contributed by atoms with E-state index in [0.717, 1.165) is 24.3 Å². The lowest BCUT2D eigenvalue weighted by molar-refractivity contribution is -0.131. The predicted molar refractivity (Wildman–Crippen MR) is 68.4 cm³/mol. The Morgan fingerprint density at radius 2 is 1.85 bits per heavy atom. The molecule has 0 radical (unpaired) electrons. The number of carboxylic acids is 1. The molecule has 0 aromatic heterocycles. The van der Waals surface area contributed by atoms with Crippen LogP contribution in [-0.2, 0) is 4.79 Å². The van der Waals surface area contributed by atoms with Gasteiger partial charge in [-0.3, -0.25) is 0 Å². The molecule has 0 saturated heterocycles. The van der Waals surface area contributed by atoms with Crippen LogP contribution in [0.4, 0.5) is 13.2 Å². The van der Waals surface area contributed by atoms with E-state index in [2.05, 4.69) is 0 Å². The first kappa shape index (κ1) is 13.9. The van der Waals surface area contributed by atoms with E-state index in [-0.39, 0.29) is 16.7 Å². The fourth-order valence-corrected chi connectivity index (χ4v) is 1.76. The summed E-state index contributed by atoms with van der Waals surface area (Å²) in [5.74, 6) is -3.97. The molecular weight excluding hydrogens is 269 g/mol. The van der Waals surface area contributed by atoms with Crippen molar-refractivity contribution in [3.63, 3.8) is 0 Å². The minimum Gasteiger partial charge on any atom is -0.478 e. The molecule has 2 nitrogen and oxygen atoms in total. The van der Waals surface area contributed by atoms with Crippen LogP contribution in [0.25, 0.3) is 17.2 Å². The zero-order valence-electron chi connectivity index (χ0n) is 10.1. The van der Waals surface area contributed by atoms with Crippen molar-refractivity contribution in [2.24, 2.45) is 0 Å². The summed E-state index contributed by atoms with van der Waals surface area (Å²) >= 11 is 0. The summed E-state index contributed by atoms with van der Waals surface area (Å²) < 4.78 is 40.3. The Kier molecular flexibility index (Phi) is 3.89. The zero-order valence-corrected chi connectivity index (χ0v) is 10.1. The largest absolute Gasteiger partial charge is 0.478 e. The van der Waals surface area contributed by atoms with Gasteiger partial charge in [0.2, 0.25) is 0 Å². The molecule has 2 aromatic carbocycles. The predicted octanol–water partition coefficient (Wildman–Crippen LogP) is 3.87. The van der Waals surface area contributed by atoms with E-state index in [9.17, 15) is 18.0 Å². The van der Waals surface area contributed by atoms with Crippen molar-refractivity contribution in [3.05, 3.63) is 65.5 Å². The molecule has 102 valence electrons. The van der Waals surface area contributed by atoms with Gasteiger partial charge in [-0.1, -0.05) is 12.1 Å². The molecule has 20 heavy (non-hydrogen) atoms. The number of hydrogen-bond donors (Lipinski definition) is 1. The number of benzene rings is 2. The van der Waals surface area contributed by atoms with Gasteiger partial charge in [0.25, 0.3) is 0 Å². The fourth-order valence-electron chi connectivity index (χ4n) is 1.76. The van der Waals surface area contributed by atoms with E-state index in [4.69, 9.17) is 5.11 Å². The highest BCUT2D eigenvalue weighted by molar-refractivity contribution is 5.85. The number of carbonyl (C=O) groups is 1. The molecule has 0 bridgehead atoms. The van der Waals surface area contributed by atoms with Crippen LogP contribution < -0.4 is 0 Å². The summed E-state index contributed by atoms with van der Waals surface area (Å²) in [7, 11) is 0. The third-order valence-electron chi connectivity index (χ3n) is 2.60. The number of aliphatic carboxylic acids is 1. The molecule has 0 aliphatic rings. The van der Waals surface area contributed by atoms with E-state index in [0.29, 0.717) is 0 Å². The molecule has 2 aromatic rings. The molecule has 2 rings (SSSR count). The Balaban J connectivity index is 2.52. The van der Waals surface area contributed by atoms with Crippen molar-refractivity contribution >= 4 is 12.0 Å². The zero-order chi connectivity index (χ0) is 14.7. The molecule has 1 N–H and O–H groups in total. The molecule has 0 atom stereocenters. The summed E-state index contributed by atoms with van der Waals surface area (Å²) in [6.07, 6.45) is 2.01. The van der Waals surface area contributed by atoms with Gasteiger partial charge in [0.05, 0.1) is 0 Å². The highest BCUT2D eigenvalue weighted by Gasteiger charge is 2.11. The molecule has 0 spiro atoms. The molecule has 0 aliphatic carbocycles. The van der Waals surface area contributed by atoms with E-state index in [1.165, 1.54) is 24.3 Å². The lowest BCUT2D eigenvalue weighted by Crippen LogP contribution is -1.91. The lowest BCUT2D eigenvalue weighted by atomic mass is 10.0. The van der Waals surface area contributed by atoms with Crippen LogP contribution in [0.2, 0.25) is 0 Å². The molecule has 5 heteroatoms. The highest BCUT2D eigenvalue weighted by atomic mass is 19.2. The molecule has 0 unspecified atom stereocenters. The first-order chi connectivity index (χ1) is 9.47. The summed E-state index contributed by atoms with van der Waals surface area (Å²) in [6.45, 7) is 0. The number of halogens is 3. The van der Waals surface area contributed by atoms with Gasteiger partial charge in [-0.15, -0.1) is 0 Å². The molecule has 0 aliphatic heterocycles. The smallest absolute Gasteiger partial charge is 0.328 e. The van der Waals surface area contributed by atoms with Crippen LogP contribution >= 0.6 is 0 Å². The van der Waals surface area contributed by atoms with Crippen LogP contribution in [0, 0.1) is 17.5 Å². The van der Waals surface area contributed by atoms with Gasteiger partial charge < -0.3 is 5.11 Å². The molecule has 0 saturated carbocycles. The lowest BCUT2D eigenvalue weighted by Gasteiger charge is -2.06. The summed E-state index contributed by atoms with van der Waals surface area (Å²) in [5, 5.41) is 8.52. The third kappa shape index (κ3) is 3.06. The second-order valence-corrected chi connectivity index (χ2v) is 4.05. The van der Waals surface area contributed by atoms with Gasteiger partial charge in [-0.25, -0.2) is 18.0 Å². The second-order valence-electron chi connectivity index (χ2n) is 4.05. The van der Waals surface area contributed by atoms with Crippen LogP contribution in [0.15, 0.2) is 42.5 Å². The Bertz CT molecular complexity index is 694. The normalized spacial score (nSPS) is 10.9. The molecular formula is C15H9F3O2. The van der Waals surface area contributed by atoms with Gasteiger partial charge in [0, 0.05) is 11.6 Å². The van der Waals surface area contributed by atoms with E-state index < -0.39 is 23.4 Å². The van der Waals surface area contributed by atoms with Crippen LogP contribution in [0.5, 0.6) is 0 Å². The molecule has 0 fully saturated rings. The third-order valence-corrected chi connectivity index (χ3v) is 2.60. The van der Waals surface area contributed by atoms with Gasteiger partial charge in [-0.05, 0) is 41.5 Å². The Hall–Kier alpha value is -2.56. The van der Waals surface area contributed by atoms with Crippen molar-refractivity contribution < 1.29 is 23.1 Å². The average molecular weight is 278 g/mol. The first-order valence-electron chi connectivity index (χ1n) is 5.63. The maximum Gasteiger partial charge on any atom is 0.328 e. The standard InChI is InChI=1S/C15H9F3O2/c16-11-7-9(4-5-14(19)20)6-10(8-11)12-2-1-3-13(17)15(12)18/h1-8H,(H,19,20)/b5-4+. The Morgan fingerprint density at radius 1 is 1.10 bits per heavy atom.